The first-order chi connectivity index (χ1) is 18.2. The molecule has 39 heavy (non-hydrogen) atoms. The summed E-state index contributed by atoms with van der Waals surface area (Å²) in [6, 6.07) is 20.5. The Kier molecular flexibility index (Phi) is 7.85. The van der Waals surface area contributed by atoms with Crippen LogP contribution >= 0.6 is 11.6 Å². The second-order valence-electron chi connectivity index (χ2n) is 8.85. The minimum absolute atomic E-state index is 0.152. The zero-order chi connectivity index (χ0) is 28.6. The highest BCUT2D eigenvalue weighted by atomic mass is 35.5. The van der Waals surface area contributed by atoms with Gasteiger partial charge in [0.1, 0.15) is 5.54 Å². The van der Waals surface area contributed by atoms with Gasteiger partial charge in [0.2, 0.25) is 10.0 Å². The number of nitrogens with zero attached hydrogens (tertiary/aromatic N) is 1. The van der Waals surface area contributed by atoms with E-state index in [1.54, 1.807) is 54.6 Å². The van der Waals surface area contributed by atoms with Crippen LogP contribution < -0.4 is 4.72 Å². The van der Waals surface area contributed by atoms with Gasteiger partial charge in [-0.1, -0.05) is 66.2 Å². The van der Waals surface area contributed by atoms with Crippen molar-refractivity contribution in [2.75, 3.05) is 13.1 Å². The molecular weight excluding hydrogens is 581 g/mol. The maximum absolute atomic E-state index is 13.8. The molecule has 14 heteroatoms. The summed E-state index contributed by atoms with van der Waals surface area (Å²) in [6.07, 6.45) is -0.152. The Bertz CT molecular complexity index is 1570. The van der Waals surface area contributed by atoms with Gasteiger partial charge in [-0.2, -0.15) is 17.5 Å². The van der Waals surface area contributed by atoms with Crippen molar-refractivity contribution >= 4 is 37.6 Å². The van der Waals surface area contributed by atoms with E-state index < -0.39 is 56.1 Å². The number of alkyl halides is 3. The summed E-state index contributed by atoms with van der Waals surface area (Å²) in [5, 5.41) is 10.7. The highest BCUT2D eigenvalue weighted by molar-refractivity contribution is 7.90. The van der Waals surface area contributed by atoms with Crippen LogP contribution in [0.15, 0.2) is 83.8 Å². The standard InChI is InChI=1S/C25H22ClF3N2O6S2/c26-20-10-6-17(7-11-20)18-8-12-21(13-9-18)38(34,35)31(15-14-30-39(36,37)25(27,28)29)24(23(32)33)16-22(24)19-4-2-1-3-5-19/h1-13,22,30H,14-16H2,(H,32,33). The van der Waals surface area contributed by atoms with Gasteiger partial charge in [-0.25, -0.2) is 21.6 Å². The lowest BCUT2D eigenvalue weighted by Crippen LogP contribution is -2.51. The third kappa shape index (κ3) is 5.68. The first kappa shape index (κ1) is 29.0. The van der Waals surface area contributed by atoms with Gasteiger partial charge in [-0.3, -0.25) is 4.79 Å². The molecule has 0 aromatic heterocycles. The van der Waals surface area contributed by atoms with Crippen LogP contribution in [0.4, 0.5) is 13.2 Å². The number of sulfonamides is 2. The lowest BCUT2D eigenvalue weighted by Gasteiger charge is -2.29. The number of hydrogen-bond donors (Lipinski definition) is 2. The van der Waals surface area contributed by atoms with E-state index in [4.69, 9.17) is 11.6 Å². The minimum Gasteiger partial charge on any atom is -0.480 e. The van der Waals surface area contributed by atoms with Crippen molar-refractivity contribution in [3.8, 4) is 11.1 Å². The van der Waals surface area contributed by atoms with Crippen LogP contribution in [0.1, 0.15) is 17.9 Å². The molecule has 3 aromatic carbocycles. The normalized spacial score (nSPS) is 19.7. The molecule has 0 heterocycles. The fourth-order valence-corrected chi connectivity index (χ4v) is 6.86. The quantitative estimate of drug-likeness (QED) is 0.354. The van der Waals surface area contributed by atoms with Crippen molar-refractivity contribution in [2.45, 2.75) is 28.3 Å². The third-order valence-electron chi connectivity index (χ3n) is 6.48. The van der Waals surface area contributed by atoms with Crippen molar-refractivity contribution < 1.29 is 39.9 Å². The van der Waals surface area contributed by atoms with Gasteiger partial charge >= 0.3 is 21.5 Å². The molecule has 2 unspecified atom stereocenters. The first-order valence-corrected chi connectivity index (χ1v) is 14.7. The Morgan fingerprint density at radius 2 is 1.49 bits per heavy atom. The number of aliphatic carboxylic acids is 1. The largest absolute Gasteiger partial charge is 0.511 e. The van der Waals surface area contributed by atoms with Crippen molar-refractivity contribution in [3.05, 3.63) is 89.4 Å². The summed E-state index contributed by atoms with van der Waals surface area (Å²) in [4.78, 5) is 12.2. The van der Waals surface area contributed by atoms with Crippen LogP contribution in [0.3, 0.4) is 0 Å². The molecule has 1 saturated carbocycles. The van der Waals surface area contributed by atoms with E-state index in [2.05, 4.69) is 0 Å². The average molecular weight is 603 g/mol. The summed E-state index contributed by atoms with van der Waals surface area (Å²) in [7, 11) is -10.4. The van der Waals surface area contributed by atoms with Crippen molar-refractivity contribution in [1.29, 1.82) is 0 Å². The highest BCUT2D eigenvalue weighted by Gasteiger charge is 2.67. The lowest BCUT2D eigenvalue weighted by atomic mass is 10.1. The molecule has 0 spiro atoms. The van der Waals surface area contributed by atoms with Gasteiger partial charge in [-0.15, -0.1) is 0 Å². The number of benzene rings is 3. The molecule has 1 fully saturated rings. The van der Waals surface area contributed by atoms with Crippen LogP contribution in [0.5, 0.6) is 0 Å². The van der Waals surface area contributed by atoms with E-state index in [1.807, 2.05) is 0 Å². The molecule has 0 amide bonds. The van der Waals surface area contributed by atoms with E-state index in [0.717, 1.165) is 5.56 Å². The second kappa shape index (κ2) is 10.5. The van der Waals surface area contributed by atoms with E-state index in [-0.39, 0.29) is 11.3 Å². The molecule has 2 atom stereocenters. The number of nitrogens with one attached hydrogen (secondary N) is 1. The minimum atomic E-state index is -5.78. The van der Waals surface area contributed by atoms with E-state index >= 15 is 0 Å². The van der Waals surface area contributed by atoms with Gasteiger partial charge in [0.15, 0.2) is 0 Å². The number of hydrogen-bond acceptors (Lipinski definition) is 5. The molecule has 0 saturated heterocycles. The van der Waals surface area contributed by atoms with E-state index in [1.165, 1.54) is 29.0 Å². The number of carbonyl (C=O) groups is 1. The van der Waals surface area contributed by atoms with Gasteiger partial charge in [-0.05, 0) is 47.4 Å². The van der Waals surface area contributed by atoms with E-state index in [0.29, 0.717) is 20.5 Å². The molecule has 4 rings (SSSR count). The maximum atomic E-state index is 13.8. The molecule has 2 N–H and O–H groups in total. The molecule has 208 valence electrons. The van der Waals surface area contributed by atoms with Gasteiger partial charge in [0.25, 0.3) is 0 Å². The molecule has 0 aliphatic heterocycles. The predicted octanol–water partition coefficient (Wildman–Crippen LogP) is 4.45. The topological polar surface area (TPSA) is 121 Å². The zero-order valence-corrected chi connectivity index (χ0v) is 22.4. The first-order valence-electron chi connectivity index (χ1n) is 11.4. The van der Waals surface area contributed by atoms with Crippen molar-refractivity contribution in [1.82, 2.24) is 9.03 Å². The number of halogens is 4. The van der Waals surface area contributed by atoms with Crippen LogP contribution in [-0.4, -0.2) is 56.4 Å². The molecule has 0 bridgehead atoms. The summed E-state index contributed by atoms with van der Waals surface area (Å²) >= 11 is 5.91. The Hall–Kier alpha value is -2.97. The van der Waals surface area contributed by atoms with Crippen molar-refractivity contribution in [3.63, 3.8) is 0 Å². The van der Waals surface area contributed by atoms with Crippen LogP contribution in [0, 0.1) is 0 Å². The Morgan fingerprint density at radius 1 is 0.949 bits per heavy atom. The predicted molar refractivity (Wildman–Crippen MR) is 138 cm³/mol. The molecule has 3 aromatic rings. The second-order valence-corrected chi connectivity index (χ2v) is 12.9. The summed E-state index contributed by atoms with van der Waals surface area (Å²) in [5.41, 5.74) is -5.76. The third-order valence-corrected chi connectivity index (χ3v) is 9.88. The molecule has 0 radical (unpaired) electrons. The lowest BCUT2D eigenvalue weighted by molar-refractivity contribution is -0.143. The molecule has 8 nitrogen and oxygen atoms in total. The van der Waals surface area contributed by atoms with Crippen molar-refractivity contribution in [2.24, 2.45) is 0 Å². The average Bonchev–Trinajstić information content (AvgIpc) is 3.64. The monoisotopic (exact) mass is 602 g/mol. The summed E-state index contributed by atoms with van der Waals surface area (Å²) in [6.45, 7) is -1.85. The Balaban J connectivity index is 1.71. The Labute approximate surface area is 228 Å². The van der Waals surface area contributed by atoms with Gasteiger partial charge < -0.3 is 5.11 Å². The fourth-order valence-electron chi connectivity index (χ4n) is 4.44. The number of carboxylic acids is 1. The van der Waals surface area contributed by atoms with E-state index in [9.17, 15) is 39.9 Å². The molecular formula is C25H22ClF3N2O6S2. The zero-order valence-electron chi connectivity index (χ0n) is 20.0. The van der Waals surface area contributed by atoms with Crippen LogP contribution in [-0.2, 0) is 24.8 Å². The van der Waals surface area contributed by atoms with Crippen LogP contribution in [0.25, 0.3) is 11.1 Å². The Morgan fingerprint density at radius 3 is 2.00 bits per heavy atom. The van der Waals surface area contributed by atoms with Crippen LogP contribution in [0.2, 0.25) is 5.02 Å². The molecule has 1 aliphatic carbocycles. The number of rotatable bonds is 10. The number of carboxylic acid groups (broad SMARTS) is 1. The SMILES string of the molecule is O=C(O)C1(N(CCNS(=O)(=O)C(F)(F)F)S(=O)(=O)c2ccc(-c3ccc(Cl)cc3)cc2)CC1c1ccccc1. The molecule has 1 aliphatic rings. The fraction of sp³-hybridized carbons (Fsp3) is 0.240. The van der Waals surface area contributed by atoms with Gasteiger partial charge in [0, 0.05) is 24.0 Å². The summed E-state index contributed by atoms with van der Waals surface area (Å²) < 4.78 is 91.0. The van der Waals surface area contributed by atoms with Gasteiger partial charge in [0.05, 0.1) is 4.90 Å². The summed E-state index contributed by atoms with van der Waals surface area (Å²) in [5.74, 6) is -2.31. The maximum Gasteiger partial charge on any atom is 0.511 e. The smallest absolute Gasteiger partial charge is 0.480 e. The highest BCUT2D eigenvalue weighted by Crippen LogP contribution is 2.57.